The highest BCUT2D eigenvalue weighted by molar-refractivity contribution is 5.36. The second-order valence-corrected chi connectivity index (χ2v) is 7.07. The molecule has 3 aromatic carbocycles. The van der Waals surface area contributed by atoms with E-state index in [2.05, 4.69) is 9.97 Å². The SMILES string of the molecule is Cc1ccc(Oc2cc(Oc3ccc(C)cc3)nc(Oc3ccc(C)cc3)n2)cc1. The first-order valence-electron chi connectivity index (χ1n) is 9.66. The molecule has 0 N–H and O–H groups in total. The lowest BCUT2D eigenvalue weighted by molar-refractivity contribution is 0.387. The quantitative estimate of drug-likeness (QED) is 0.358. The van der Waals surface area contributed by atoms with E-state index in [0.29, 0.717) is 29.0 Å². The fraction of sp³-hybridized carbons (Fsp3) is 0.120. The van der Waals surface area contributed by atoms with Gasteiger partial charge in [-0.2, -0.15) is 9.97 Å². The summed E-state index contributed by atoms with van der Waals surface area (Å²) in [6.45, 7) is 6.06. The Labute approximate surface area is 175 Å². The fourth-order valence-electron chi connectivity index (χ4n) is 2.70. The van der Waals surface area contributed by atoms with Gasteiger partial charge in [0.2, 0.25) is 11.8 Å². The van der Waals surface area contributed by atoms with E-state index >= 15 is 0 Å². The van der Waals surface area contributed by atoms with E-state index in [1.165, 1.54) is 0 Å². The van der Waals surface area contributed by atoms with Crippen molar-refractivity contribution in [2.75, 3.05) is 0 Å². The van der Waals surface area contributed by atoms with Crippen molar-refractivity contribution in [3.05, 3.63) is 95.6 Å². The van der Waals surface area contributed by atoms with Crippen molar-refractivity contribution >= 4 is 0 Å². The number of rotatable bonds is 6. The molecule has 0 amide bonds. The van der Waals surface area contributed by atoms with E-state index in [0.717, 1.165) is 16.7 Å². The zero-order chi connectivity index (χ0) is 20.9. The maximum absolute atomic E-state index is 5.92. The summed E-state index contributed by atoms with van der Waals surface area (Å²) in [6.07, 6.45) is 0. The summed E-state index contributed by atoms with van der Waals surface area (Å²) in [5, 5.41) is 0. The van der Waals surface area contributed by atoms with Crippen LogP contribution in [0.25, 0.3) is 0 Å². The maximum Gasteiger partial charge on any atom is 0.328 e. The summed E-state index contributed by atoms with van der Waals surface area (Å²) < 4.78 is 17.7. The van der Waals surface area contributed by atoms with E-state index in [4.69, 9.17) is 14.2 Å². The molecule has 0 unspecified atom stereocenters. The molecule has 0 aliphatic heterocycles. The third-order valence-corrected chi connectivity index (χ3v) is 4.38. The molecule has 0 saturated heterocycles. The first kappa shape index (κ1) is 19.5. The van der Waals surface area contributed by atoms with Gasteiger partial charge < -0.3 is 14.2 Å². The topological polar surface area (TPSA) is 53.5 Å². The highest BCUT2D eigenvalue weighted by Gasteiger charge is 2.11. The molecular weight excluding hydrogens is 376 g/mol. The van der Waals surface area contributed by atoms with Gasteiger partial charge in [0.25, 0.3) is 0 Å². The minimum absolute atomic E-state index is 0.144. The van der Waals surface area contributed by atoms with Crippen molar-refractivity contribution in [1.29, 1.82) is 0 Å². The van der Waals surface area contributed by atoms with Gasteiger partial charge in [0.05, 0.1) is 6.07 Å². The van der Waals surface area contributed by atoms with Crippen LogP contribution in [0.2, 0.25) is 0 Å². The van der Waals surface area contributed by atoms with Crippen molar-refractivity contribution in [1.82, 2.24) is 9.97 Å². The summed E-state index contributed by atoms with van der Waals surface area (Å²) in [7, 11) is 0. The Morgan fingerprint density at radius 2 is 0.800 bits per heavy atom. The van der Waals surface area contributed by atoms with Gasteiger partial charge in [-0.15, -0.1) is 0 Å². The Morgan fingerprint density at radius 1 is 0.467 bits per heavy atom. The summed E-state index contributed by atoms with van der Waals surface area (Å²) >= 11 is 0. The Balaban J connectivity index is 1.64. The molecule has 5 heteroatoms. The lowest BCUT2D eigenvalue weighted by Gasteiger charge is -2.11. The molecule has 4 aromatic rings. The normalized spacial score (nSPS) is 10.5. The van der Waals surface area contributed by atoms with Crippen molar-refractivity contribution in [2.45, 2.75) is 20.8 Å². The molecule has 0 spiro atoms. The third kappa shape index (κ3) is 5.14. The lowest BCUT2D eigenvalue weighted by atomic mass is 10.2. The molecule has 0 radical (unpaired) electrons. The Kier molecular flexibility index (Phi) is 5.61. The predicted molar refractivity (Wildman–Crippen MR) is 116 cm³/mol. The summed E-state index contributed by atoms with van der Waals surface area (Å²) in [5.74, 6) is 2.63. The zero-order valence-electron chi connectivity index (χ0n) is 17.1. The lowest BCUT2D eigenvalue weighted by Crippen LogP contribution is -1.98. The number of aromatic nitrogens is 2. The van der Waals surface area contributed by atoms with Crippen LogP contribution in [-0.4, -0.2) is 9.97 Å². The summed E-state index contributed by atoms with van der Waals surface area (Å²) in [5.41, 5.74) is 3.44. The average Bonchev–Trinajstić information content (AvgIpc) is 2.73. The van der Waals surface area contributed by atoms with E-state index < -0.39 is 0 Å². The van der Waals surface area contributed by atoms with Gasteiger partial charge in [0.1, 0.15) is 17.2 Å². The molecular formula is C25H22N2O3. The number of aryl methyl sites for hydroxylation is 3. The molecule has 30 heavy (non-hydrogen) atoms. The first-order valence-corrected chi connectivity index (χ1v) is 9.66. The molecule has 150 valence electrons. The van der Waals surface area contributed by atoms with Crippen LogP contribution in [0.3, 0.4) is 0 Å². The minimum Gasteiger partial charge on any atom is -0.439 e. The van der Waals surface area contributed by atoms with E-state index in [9.17, 15) is 0 Å². The van der Waals surface area contributed by atoms with E-state index in [-0.39, 0.29) is 6.01 Å². The minimum atomic E-state index is 0.144. The highest BCUT2D eigenvalue weighted by Crippen LogP contribution is 2.30. The van der Waals surface area contributed by atoms with Crippen LogP contribution in [0.5, 0.6) is 35.0 Å². The van der Waals surface area contributed by atoms with E-state index in [1.807, 2.05) is 93.6 Å². The number of ether oxygens (including phenoxy) is 3. The van der Waals surface area contributed by atoms with Crippen LogP contribution >= 0.6 is 0 Å². The van der Waals surface area contributed by atoms with Gasteiger partial charge in [0.15, 0.2) is 0 Å². The van der Waals surface area contributed by atoms with Crippen LogP contribution in [0, 0.1) is 20.8 Å². The van der Waals surface area contributed by atoms with Crippen LogP contribution in [0.15, 0.2) is 78.9 Å². The van der Waals surface area contributed by atoms with Gasteiger partial charge in [-0.1, -0.05) is 53.1 Å². The van der Waals surface area contributed by atoms with Gasteiger partial charge in [-0.25, -0.2) is 0 Å². The molecule has 0 saturated carbocycles. The average molecular weight is 398 g/mol. The van der Waals surface area contributed by atoms with Crippen LogP contribution in [0.1, 0.15) is 16.7 Å². The van der Waals surface area contributed by atoms with Gasteiger partial charge >= 0.3 is 6.01 Å². The van der Waals surface area contributed by atoms with E-state index in [1.54, 1.807) is 6.07 Å². The third-order valence-electron chi connectivity index (χ3n) is 4.38. The van der Waals surface area contributed by atoms with Crippen LogP contribution < -0.4 is 14.2 Å². The monoisotopic (exact) mass is 398 g/mol. The maximum atomic E-state index is 5.92. The van der Waals surface area contributed by atoms with Crippen LogP contribution in [0.4, 0.5) is 0 Å². The van der Waals surface area contributed by atoms with Gasteiger partial charge in [0, 0.05) is 0 Å². The second-order valence-electron chi connectivity index (χ2n) is 7.07. The molecule has 0 fully saturated rings. The van der Waals surface area contributed by atoms with Gasteiger partial charge in [-0.3, -0.25) is 0 Å². The second kappa shape index (κ2) is 8.66. The molecule has 0 aliphatic rings. The number of nitrogens with zero attached hydrogens (tertiary/aromatic N) is 2. The Hall–Kier alpha value is -3.86. The zero-order valence-corrected chi connectivity index (χ0v) is 17.1. The number of hydrogen-bond acceptors (Lipinski definition) is 5. The predicted octanol–water partition coefficient (Wildman–Crippen LogP) is 6.78. The highest BCUT2D eigenvalue weighted by atomic mass is 16.5. The molecule has 5 nitrogen and oxygen atoms in total. The molecule has 1 heterocycles. The first-order chi connectivity index (χ1) is 14.5. The van der Waals surface area contributed by atoms with Crippen molar-refractivity contribution in [3.8, 4) is 35.0 Å². The largest absolute Gasteiger partial charge is 0.439 e. The molecule has 0 aliphatic carbocycles. The molecule has 0 bridgehead atoms. The Morgan fingerprint density at radius 3 is 1.17 bits per heavy atom. The molecule has 4 rings (SSSR count). The van der Waals surface area contributed by atoms with Crippen molar-refractivity contribution in [3.63, 3.8) is 0 Å². The molecule has 0 atom stereocenters. The van der Waals surface area contributed by atoms with Crippen molar-refractivity contribution < 1.29 is 14.2 Å². The van der Waals surface area contributed by atoms with Gasteiger partial charge in [-0.05, 0) is 57.2 Å². The van der Waals surface area contributed by atoms with Crippen molar-refractivity contribution in [2.24, 2.45) is 0 Å². The number of benzene rings is 3. The molecule has 1 aromatic heterocycles. The Bertz CT molecular complexity index is 964. The number of hydrogen-bond donors (Lipinski definition) is 0. The van der Waals surface area contributed by atoms with Crippen LogP contribution in [-0.2, 0) is 0 Å². The summed E-state index contributed by atoms with van der Waals surface area (Å²) in [4.78, 5) is 8.78. The fourth-order valence-corrected chi connectivity index (χ4v) is 2.70. The smallest absolute Gasteiger partial charge is 0.328 e. The standard InChI is InChI=1S/C25H22N2O3/c1-17-4-10-20(11-5-17)28-23-16-24(29-21-12-6-18(2)7-13-21)27-25(26-23)30-22-14-8-19(3)9-15-22/h4-16H,1-3H3. The summed E-state index contributed by atoms with van der Waals surface area (Å²) in [6, 6.07) is 24.9.